The molecule has 1 saturated carbocycles. The van der Waals surface area contributed by atoms with E-state index in [1.165, 1.54) is 6.07 Å². The third-order valence-corrected chi connectivity index (χ3v) is 3.35. The van der Waals surface area contributed by atoms with Gasteiger partial charge < -0.3 is 10.5 Å². The molecule has 1 fully saturated rings. The summed E-state index contributed by atoms with van der Waals surface area (Å²) in [6, 6.07) is 3.24. The quantitative estimate of drug-likeness (QED) is 0.815. The second-order valence-corrected chi connectivity index (χ2v) is 5.01. The number of hydrogen-bond donors (Lipinski definition) is 1. The van der Waals surface area contributed by atoms with E-state index in [1.807, 2.05) is 6.92 Å². The standard InChI is InChI=1S/C13H16F3NO/c1-12(6-2-3-7-12)18-11-5-4-9(8-10(11)17)13(14,15)16/h4-5,8H,2-3,6-7,17H2,1H3. The molecule has 2 nitrogen and oxygen atoms in total. The minimum Gasteiger partial charge on any atom is -0.485 e. The summed E-state index contributed by atoms with van der Waals surface area (Å²) in [5.74, 6) is 0.340. The molecule has 0 aromatic heterocycles. The van der Waals surface area contributed by atoms with Crippen molar-refractivity contribution < 1.29 is 17.9 Å². The number of hydrogen-bond acceptors (Lipinski definition) is 2. The topological polar surface area (TPSA) is 35.2 Å². The first-order valence-electron chi connectivity index (χ1n) is 5.96. The molecule has 0 atom stereocenters. The first-order chi connectivity index (χ1) is 8.30. The molecule has 1 aliphatic rings. The maximum atomic E-state index is 12.5. The van der Waals surface area contributed by atoms with Crippen molar-refractivity contribution in [2.24, 2.45) is 0 Å². The lowest BCUT2D eigenvalue weighted by Gasteiger charge is -2.26. The number of ether oxygens (including phenoxy) is 1. The molecule has 0 amide bonds. The molecular formula is C13H16F3NO. The average Bonchev–Trinajstić information content (AvgIpc) is 2.67. The largest absolute Gasteiger partial charge is 0.485 e. The van der Waals surface area contributed by atoms with Crippen molar-refractivity contribution in [2.75, 3.05) is 5.73 Å². The van der Waals surface area contributed by atoms with Crippen LogP contribution in [0.3, 0.4) is 0 Å². The Labute approximate surface area is 104 Å². The zero-order valence-corrected chi connectivity index (χ0v) is 10.2. The molecule has 5 heteroatoms. The highest BCUT2D eigenvalue weighted by Gasteiger charge is 2.33. The average molecular weight is 259 g/mol. The normalized spacial score (nSPS) is 18.9. The fourth-order valence-corrected chi connectivity index (χ4v) is 2.31. The van der Waals surface area contributed by atoms with Crippen molar-refractivity contribution in [1.29, 1.82) is 0 Å². The molecular weight excluding hydrogens is 243 g/mol. The third-order valence-electron chi connectivity index (χ3n) is 3.35. The number of benzene rings is 1. The van der Waals surface area contributed by atoms with Crippen LogP contribution in [0.5, 0.6) is 5.75 Å². The van der Waals surface area contributed by atoms with Gasteiger partial charge in [-0.3, -0.25) is 0 Å². The summed E-state index contributed by atoms with van der Waals surface area (Å²) < 4.78 is 43.2. The number of halogens is 3. The van der Waals surface area contributed by atoms with Crippen LogP contribution in [0.15, 0.2) is 18.2 Å². The zero-order valence-electron chi connectivity index (χ0n) is 10.2. The molecule has 2 rings (SSSR count). The Hall–Kier alpha value is -1.39. The molecule has 100 valence electrons. The third kappa shape index (κ3) is 2.71. The molecule has 0 radical (unpaired) electrons. The smallest absolute Gasteiger partial charge is 0.416 e. The molecule has 0 aliphatic heterocycles. The Morgan fingerprint density at radius 3 is 2.33 bits per heavy atom. The van der Waals surface area contributed by atoms with Gasteiger partial charge in [-0.15, -0.1) is 0 Å². The van der Waals surface area contributed by atoms with E-state index < -0.39 is 11.7 Å². The summed E-state index contributed by atoms with van der Waals surface area (Å²) in [5.41, 5.74) is 4.63. The second-order valence-electron chi connectivity index (χ2n) is 5.01. The Balaban J connectivity index is 2.20. The zero-order chi connectivity index (χ0) is 13.4. The molecule has 0 unspecified atom stereocenters. The van der Waals surface area contributed by atoms with Crippen LogP contribution in [0, 0.1) is 0 Å². The van der Waals surface area contributed by atoms with E-state index >= 15 is 0 Å². The van der Waals surface area contributed by atoms with Crippen LogP contribution in [0.25, 0.3) is 0 Å². The Morgan fingerprint density at radius 1 is 1.22 bits per heavy atom. The Bertz CT molecular complexity index is 436. The number of nitrogens with two attached hydrogens (primary N) is 1. The highest BCUT2D eigenvalue weighted by molar-refractivity contribution is 5.55. The van der Waals surface area contributed by atoms with E-state index in [-0.39, 0.29) is 11.3 Å². The van der Waals surface area contributed by atoms with Gasteiger partial charge >= 0.3 is 6.18 Å². The van der Waals surface area contributed by atoms with Crippen molar-refractivity contribution in [1.82, 2.24) is 0 Å². The maximum Gasteiger partial charge on any atom is 0.416 e. The van der Waals surface area contributed by atoms with Crippen molar-refractivity contribution in [3.8, 4) is 5.75 Å². The first kappa shape index (κ1) is 13.1. The van der Waals surface area contributed by atoms with E-state index in [0.717, 1.165) is 37.8 Å². The van der Waals surface area contributed by atoms with Gasteiger partial charge in [0.15, 0.2) is 0 Å². The minimum atomic E-state index is -4.37. The van der Waals surface area contributed by atoms with E-state index in [0.29, 0.717) is 5.75 Å². The lowest BCUT2D eigenvalue weighted by molar-refractivity contribution is -0.137. The van der Waals surface area contributed by atoms with Gasteiger partial charge in [-0.25, -0.2) is 0 Å². The summed E-state index contributed by atoms with van der Waals surface area (Å²) >= 11 is 0. The van der Waals surface area contributed by atoms with Gasteiger partial charge in [0.1, 0.15) is 11.4 Å². The molecule has 0 saturated heterocycles. The summed E-state index contributed by atoms with van der Waals surface area (Å²) in [7, 11) is 0. The van der Waals surface area contributed by atoms with Gasteiger partial charge in [-0.05, 0) is 50.8 Å². The monoisotopic (exact) mass is 259 g/mol. The molecule has 0 bridgehead atoms. The summed E-state index contributed by atoms with van der Waals surface area (Å²) in [5, 5.41) is 0. The molecule has 0 heterocycles. The van der Waals surface area contributed by atoms with Gasteiger partial charge in [0.2, 0.25) is 0 Å². The molecule has 18 heavy (non-hydrogen) atoms. The van der Waals surface area contributed by atoms with Crippen molar-refractivity contribution in [2.45, 2.75) is 44.4 Å². The van der Waals surface area contributed by atoms with Crippen LogP contribution >= 0.6 is 0 Å². The van der Waals surface area contributed by atoms with Gasteiger partial charge in [0.25, 0.3) is 0 Å². The number of nitrogen functional groups attached to an aromatic ring is 1. The van der Waals surface area contributed by atoms with Gasteiger partial charge in [0.05, 0.1) is 11.3 Å². The van der Waals surface area contributed by atoms with Crippen LogP contribution in [0.2, 0.25) is 0 Å². The minimum absolute atomic E-state index is 0.0398. The van der Waals surface area contributed by atoms with Crippen LogP contribution in [-0.2, 0) is 6.18 Å². The van der Waals surface area contributed by atoms with Crippen LogP contribution in [0.4, 0.5) is 18.9 Å². The molecule has 1 aliphatic carbocycles. The molecule has 0 spiro atoms. The van der Waals surface area contributed by atoms with Crippen LogP contribution in [0.1, 0.15) is 38.2 Å². The van der Waals surface area contributed by atoms with Crippen molar-refractivity contribution in [3.63, 3.8) is 0 Å². The highest BCUT2D eigenvalue weighted by Crippen LogP contribution is 2.38. The Morgan fingerprint density at radius 2 is 1.83 bits per heavy atom. The van der Waals surface area contributed by atoms with Gasteiger partial charge in [0, 0.05) is 0 Å². The van der Waals surface area contributed by atoms with Crippen LogP contribution in [-0.4, -0.2) is 5.60 Å². The van der Waals surface area contributed by atoms with Crippen molar-refractivity contribution >= 4 is 5.69 Å². The molecule has 1 aromatic carbocycles. The predicted octanol–water partition coefficient (Wildman–Crippen LogP) is 4.00. The number of rotatable bonds is 2. The summed E-state index contributed by atoms with van der Waals surface area (Å²) in [6.07, 6.45) is -0.390. The maximum absolute atomic E-state index is 12.5. The highest BCUT2D eigenvalue weighted by atomic mass is 19.4. The number of anilines is 1. The number of alkyl halides is 3. The van der Waals surface area contributed by atoms with Gasteiger partial charge in [-0.2, -0.15) is 13.2 Å². The van der Waals surface area contributed by atoms with E-state index in [4.69, 9.17) is 10.5 Å². The predicted molar refractivity (Wildman–Crippen MR) is 63.4 cm³/mol. The summed E-state index contributed by atoms with van der Waals surface area (Å²) in [6.45, 7) is 1.97. The van der Waals surface area contributed by atoms with Gasteiger partial charge in [-0.1, -0.05) is 0 Å². The van der Waals surface area contributed by atoms with E-state index in [2.05, 4.69) is 0 Å². The van der Waals surface area contributed by atoms with Crippen molar-refractivity contribution in [3.05, 3.63) is 23.8 Å². The van der Waals surface area contributed by atoms with Crippen LogP contribution < -0.4 is 10.5 Å². The van der Waals surface area contributed by atoms with E-state index in [1.54, 1.807) is 0 Å². The fraction of sp³-hybridized carbons (Fsp3) is 0.538. The lowest BCUT2D eigenvalue weighted by Crippen LogP contribution is -2.28. The lowest BCUT2D eigenvalue weighted by atomic mass is 10.1. The first-order valence-corrected chi connectivity index (χ1v) is 5.96. The fourth-order valence-electron chi connectivity index (χ4n) is 2.31. The second kappa shape index (κ2) is 4.37. The SMILES string of the molecule is CC1(Oc2ccc(C(F)(F)F)cc2N)CCCC1. The molecule has 1 aromatic rings. The summed E-state index contributed by atoms with van der Waals surface area (Å²) in [4.78, 5) is 0. The Kier molecular flexibility index (Phi) is 3.17. The molecule has 2 N–H and O–H groups in total. The van der Waals surface area contributed by atoms with E-state index in [9.17, 15) is 13.2 Å².